The summed E-state index contributed by atoms with van der Waals surface area (Å²) in [6, 6.07) is 8.42. The molecule has 0 aliphatic heterocycles. The van der Waals surface area contributed by atoms with Crippen LogP contribution in [0.1, 0.15) is 17.4 Å². The van der Waals surface area contributed by atoms with Crippen LogP contribution in [0.5, 0.6) is 0 Å². The van der Waals surface area contributed by atoms with E-state index < -0.39 is 5.97 Å². The molecule has 0 aliphatic rings. The first-order valence-corrected chi connectivity index (χ1v) is 8.56. The number of carbonyl (C=O) groups is 1. The number of benzene rings is 2. The van der Waals surface area contributed by atoms with Crippen molar-refractivity contribution in [2.75, 3.05) is 6.61 Å². The Morgan fingerprint density at radius 1 is 1.04 bits per heavy atom. The maximum absolute atomic E-state index is 12.4. The Morgan fingerprint density at radius 2 is 1.75 bits per heavy atom. The maximum Gasteiger partial charge on any atom is 0.355 e. The summed E-state index contributed by atoms with van der Waals surface area (Å²) in [7, 11) is 0. The summed E-state index contributed by atoms with van der Waals surface area (Å²) in [5.74, 6) is -0.484. The smallest absolute Gasteiger partial charge is 0.355 e. The highest BCUT2D eigenvalue weighted by molar-refractivity contribution is 6.43. The summed E-state index contributed by atoms with van der Waals surface area (Å²) in [6.07, 6.45) is 0. The van der Waals surface area contributed by atoms with E-state index in [-0.39, 0.29) is 12.3 Å². The van der Waals surface area contributed by atoms with Crippen LogP contribution in [0.3, 0.4) is 0 Å². The van der Waals surface area contributed by atoms with Gasteiger partial charge < -0.3 is 9.72 Å². The Hall–Kier alpha value is -1.39. The highest BCUT2D eigenvalue weighted by Gasteiger charge is 2.22. The first kappa shape index (κ1) is 17.4. The van der Waals surface area contributed by atoms with E-state index in [4.69, 9.17) is 51.1 Å². The fourth-order valence-corrected chi connectivity index (χ4v) is 3.35. The quantitative estimate of drug-likeness (QED) is 0.499. The molecule has 0 spiro atoms. The number of aromatic amines is 1. The largest absolute Gasteiger partial charge is 0.461 e. The molecule has 1 N–H and O–H groups in total. The van der Waals surface area contributed by atoms with Crippen LogP contribution in [-0.4, -0.2) is 17.6 Å². The fourth-order valence-electron chi connectivity index (χ4n) is 2.52. The van der Waals surface area contributed by atoms with Crippen LogP contribution in [-0.2, 0) is 4.74 Å². The molecule has 24 heavy (non-hydrogen) atoms. The number of hydrogen-bond donors (Lipinski definition) is 1. The molecule has 3 rings (SSSR count). The van der Waals surface area contributed by atoms with E-state index in [9.17, 15) is 4.79 Å². The third-order valence-electron chi connectivity index (χ3n) is 3.52. The second-order valence-corrected chi connectivity index (χ2v) is 6.69. The molecule has 0 bridgehead atoms. The summed E-state index contributed by atoms with van der Waals surface area (Å²) in [5.41, 5.74) is 2.19. The Morgan fingerprint density at radius 3 is 2.42 bits per heavy atom. The van der Waals surface area contributed by atoms with Crippen LogP contribution >= 0.6 is 46.4 Å². The van der Waals surface area contributed by atoms with E-state index in [0.717, 1.165) is 5.39 Å². The number of halogens is 4. The minimum atomic E-state index is -0.484. The van der Waals surface area contributed by atoms with E-state index in [2.05, 4.69) is 4.98 Å². The molecular weight excluding hydrogens is 392 g/mol. The summed E-state index contributed by atoms with van der Waals surface area (Å²) < 4.78 is 5.14. The molecule has 124 valence electrons. The van der Waals surface area contributed by atoms with E-state index in [1.54, 1.807) is 37.3 Å². The van der Waals surface area contributed by atoms with Crippen molar-refractivity contribution < 1.29 is 9.53 Å². The molecule has 0 unspecified atom stereocenters. The van der Waals surface area contributed by atoms with Gasteiger partial charge in [-0.2, -0.15) is 0 Å². The normalized spacial score (nSPS) is 11.0. The van der Waals surface area contributed by atoms with Gasteiger partial charge in [0.2, 0.25) is 0 Å². The van der Waals surface area contributed by atoms with Gasteiger partial charge in [-0.05, 0) is 31.2 Å². The van der Waals surface area contributed by atoms with Gasteiger partial charge in [-0.3, -0.25) is 0 Å². The van der Waals surface area contributed by atoms with Gasteiger partial charge in [-0.25, -0.2) is 4.79 Å². The first-order valence-electron chi connectivity index (χ1n) is 7.05. The van der Waals surface area contributed by atoms with Gasteiger partial charge in [0.15, 0.2) is 0 Å². The summed E-state index contributed by atoms with van der Waals surface area (Å²) in [5, 5.41) is 2.40. The van der Waals surface area contributed by atoms with Crippen molar-refractivity contribution in [2.24, 2.45) is 0 Å². The number of esters is 1. The van der Waals surface area contributed by atoms with Crippen molar-refractivity contribution in [1.29, 1.82) is 0 Å². The zero-order chi connectivity index (χ0) is 17.4. The fraction of sp³-hybridized carbons (Fsp3) is 0.118. The molecule has 3 aromatic rings. The highest BCUT2D eigenvalue weighted by atomic mass is 35.5. The van der Waals surface area contributed by atoms with Gasteiger partial charge in [0.25, 0.3) is 0 Å². The van der Waals surface area contributed by atoms with E-state index in [1.807, 2.05) is 0 Å². The Kier molecular flexibility index (Phi) is 4.97. The zero-order valence-corrected chi connectivity index (χ0v) is 15.4. The van der Waals surface area contributed by atoms with E-state index in [0.29, 0.717) is 36.7 Å². The first-order chi connectivity index (χ1) is 11.4. The topological polar surface area (TPSA) is 42.1 Å². The SMILES string of the molecule is CCOC(=O)c1[nH]c2cc(Cl)c(Cl)cc2c1-c1ccc(Cl)cc1Cl. The minimum Gasteiger partial charge on any atom is -0.461 e. The summed E-state index contributed by atoms with van der Waals surface area (Å²) >= 11 is 24.5. The highest BCUT2D eigenvalue weighted by Crippen LogP contribution is 2.40. The molecule has 1 aromatic heterocycles. The van der Waals surface area contributed by atoms with Gasteiger partial charge >= 0.3 is 5.97 Å². The van der Waals surface area contributed by atoms with Crippen LogP contribution < -0.4 is 0 Å². The molecule has 2 aromatic carbocycles. The molecule has 0 fully saturated rings. The van der Waals surface area contributed by atoms with Crippen LogP contribution in [0.15, 0.2) is 30.3 Å². The van der Waals surface area contributed by atoms with Crippen LogP contribution in [0.25, 0.3) is 22.0 Å². The van der Waals surface area contributed by atoms with Gasteiger partial charge in [-0.1, -0.05) is 52.5 Å². The third kappa shape index (κ3) is 3.09. The summed E-state index contributed by atoms with van der Waals surface area (Å²) in [6.45, 7) is 1.99. The molecule has 1 heterocycles. The minimum absolute atomic E-state index is 0.253. The molecule has 0 saturated carbocycles. The van der Waals surface area contributed by atoms with Crippen molar-refractivity contribution in [1.82, 2.24) is 4.98 Å². The lowest BCUT2D eigenvalue weighted by Gasteiger charge is -2.08. The van der Waals surface area contributed by atoms with Crippen molar-refractivity contribution in [3.05, 3.63) is 56.1 Å². The zero-order valence-electron chi connectivity index (χ0n) is 12.4. The molecule has 3 nitrogen and oxygen atoms in total. The van der Waals surface area contributed by atoms with Crippen LogP contribution in [0.4, 0.5) is 0 Å². The van der Waals surface area contributed by atoms with E-state index >= 15 is 0 Å². The van der Waals surface area contributed by atoms with E-state index in [1.165, 1.54) is 0 Å². The van der Waals surface area contributed by atoms with Crippen molar-refractivity contribution in [2.45, 2.75) is 6.92 Å². The number of rotatable bonds is 3. The lowest BCUT2D eigenvalue weighted by Crippen LogP contribution is -2.06. The summed E-state index contributed by atoms with van der Waals surface area (Å²) in [4.78, 5) is 15.4. The Bertz CT molecular complexity index is 949. The van der Waals surface area contributed by atoms with Gasteiger partial charge in [0.05, 0.1) is 16.7 Å². The standard InChI is InChI=1S/C17H11Cl4NO2/c1-2-24-17(23)16-15(9-4-3-8(18)5-11(9)19)10-6-12(20)13(21)7-14(10)22-16/h3-7,22H,2H2,1H3. The number of H-pyrrole nitrogens is 1. The molecular formula is C17H11Cl4NO2. The number of hydrogen-bond acceptors (Lipinski definition) is 2. The van der Waals surface area contributed by atoms with Crippen molar-refractivity contribution in [3.8, 4) is 11.1 Å². The molecule has 0 amide bonds. The third-order valence-corrected chi connectivity index (χ3v) is 4.79. The number of carbonyl (C=O) groups excluding carboxylic acids is 1. The lowest BCUT2D eigenvalue weighted by molar-refractivity contribution is 0.0521. The predicted octanol–water partition coefficient (Wildman–Crippen LogP) is 6.63. The van der Waals surface area contributed by atoms with Gasteiger partial charge in [0.1, 0.15) is 5.69 Å². The number of fused-ring (bicyclic) bond motifs is 1. The van der Waals surface area contributed by atoms with Crippen molar-refractivity contribution >= 4 is 63.3 Å². The molecule has 0 radical (unpaired) electrons. The number of nitrogens with one attached hydrogen (secondary N) is 1. The Labute approximate surface area is 158 Å². The van der Waals surface area contributed by atoms with Crippen LogP contribution in [0.2, 0.25) is 20.1 Å². The molecule has 0 atom stereocenters. The monoisotopic (exact) mass is 401 g/mol. The van der Waals surface area contributed by atoms with Gasteiger partial charge in [-0.15, -0.1) is 0 Å². The second kappa shape index (κ2) is 6.85. The second-order valence-electron chi connectivity index (χ2n) is 5.03. The lowest BCUT2D eigenvalue weighted by atomic mass is 10.0. The number of aromatic nitrogens is 1. The molecule has 7 heteroatoms. The van der Waals surface area contributed by atoms with Crippen LogP contribution in [0, 0.1) is 0 Å². The average Bonchev–Trinajstić information content (AvgIpc) is 2.86. The average molecular weight is 403 g/mol. The van der Waals surface area contributed by atoms with Crippen molar-refractivity contribution in [3.63, 3.8) is 0 Å². The predicted molar refractivity (Wildman–Crippen MR) is 99.7 cm³/mol. The molecule has 0 aliphatic carbocycles. The molecule has 0 saturated heterocycles. The maximum atomic E-state index is 12.4. The Balaban J connectivity index is 2.35. The van der Waals surface area contributed by atoms with Gasteiger partial charge in [0, 0.05) is 32.1 Å². The number of ether oxygens (including phenoxy) is 1.